The first-order valence-corrected chi connectivity index (χ1v) is 10.6. The van der Waals surface area contributed by atoms with Gasteiger partial charge in [-0.3, -0.25) is 9.78 Å². The molecule has 3 nitrogen and oxygen atoms in total. The van der Waals surface area contributed by atoms with E-state index in [4.69, 9.17) is 11.6 Å². The van der Waals surface area contributed by atoms with E-state index in [1.165, 1.54) is 0 Å². The van der Waals surface area contributed by atoms with Crippen LogP contribution in [0.2, 0.25) is 5.15 Å². The summed E-state index contributed by atoms with van der Waals surface area (Å²) < 4.78 is 0. The third-order valence-corrected chi connectivity index (χ3v) is 6.23. The summed E-state index contributed by atoms with van der Waals surface area (Å²) in [4.78, 5) is 21.3. The summed E-state index contributed by atoms with van der Waals surface area (Å²) in [6, 6.07) is 16.3. The van der Waals surface area contributed by atoms with Crippen LogP contribution in [0.1, 0.15) is 48.9 Å². The van der Waals surface area contributed by atoms with Crippen LogP contribution in [0.4, 0.5) is 0 Å². The molecule has 0 atom stereocenters. The molecular weight excluding hydrogens is 380 g/mol. The van der Waals surface area contributed by atoms with Crippen molar-refractivity contribution in [1.29, 1.82) is 0 Å². The molecule has 1 aromatic carbocycles. The molecule has 0 radical (unpaired) electrons. The fourth-order valence-electron chi connectivity index (χ4n) is 4.56. The summed E-state index contributed by atoms with van der Waals surface area (Å²) in [5.74, 6) is 0.285. The van der Waals surface area contributed by atoms with Crippen LogP contribution >= 0.6 is 11.6 Å². The quantitative estimate of drug-likeness (QED) is 0.465. The van der Waals surface area contributed by atoms with Gasteiger partial charge in [-0.05, 0) is 66.3 Å². The molecule has 0 spiro atoms. The van der Waals surface area contributed by atoms with Gasteiger partial charge in [0.2, 0.25) is 0 Å². The Morgan fingerprint density at radius 3 is 2.38 bits per heavy atom. The molecule has 1 aliphatic carbocycles. The van der Waals surface area contributed by atoms with Crippen LogP contribution in [0.5, 0.6) is 0 Å². The highest BCUT2D eigenvalue weighted by Crippen LogP contribution is 2.44. The number of aromatic nitrogens is 2. The Hall–Kier alpha value is -2.52. The second kappa shape index (κ2) is 8.46. The molecule has 1 aliphatic rings. The van der Waals surface area contributed by atoms with Crippen molar-refractivity contribution in [2.24, 2.45) is 0 Å². The van der Waals surface area contributed by atoms with E-state index in [9.17, 15) is 4.79 Å². The van der Waals surface area contributed by atoms with Gasteiger partial charge in [0.15, 0.2) is 0 Å². The molecule has 0 bridgehead atoms. The number of hydrogen-bond acceptors (Lipinski definition) is 3. The summed E-state index contributed by atoms with van der Waals surface area (Å²) in [7, 11) is 0. The third kappa shape index (κ3) is 4.56. The van der Waals surface area contributed by atoms with E-state index in [1.54, 1.807) is 6.20 Å². The lowest BCUT2D eigenvalue weighted by Crippen LogP contribution is -2.27. The van der Waals surface area contributed by atoms with Gasteiger partial charge in [-0.2, -0.15) is 0 Å². The van der Waals surface area contributed by atoms with Crippen LogP contribution in [0.15, 0.2) is 60.9 Å². The summed E-state index contributed by atoms with van der Waals surface area (Å²) in [5, 5.41) is 0.503. The largest absolute Gasteiger partial charge is 0.299 e. The highest BCUT2D eigenvalue weighted by atomic mass is 35.5. The van der Waals surface area contributed by atoms with Crippen LogP contribution in [0, 0.1) is 6.92 Å². The molecule has 2 heterocycles. The number of hydrogen-bond donors (Lipinski definition) is 0. The number of pyridine rings is 2. The normalized spacial score (nSPS) is 15.4. The van der Waals surface area contributed by atoms with Gasteiger partial charge < -0.3 is 0 Å². The second-order valence-electron chi connectivity index (χ2n) is 8.13. The lowest BCUT2D eigenvalue weighted by Gasteiger charge is -2.29. The Labute approximate surface area is 177 Å². The van der Waals surface area contributed by atoms with Crippen molar-refractivity contribution >= 4 is 17.4 Å². The highest BCUT2D eigenvalue weighted by molar-refractivity contribution is 6.29. The Morgan fingerprint density at radius 1 is 0.966 bits per heavy atom. The van der Waals surface area contributed by atoms with Gasteiger partial charge in [-0.1, -0.05) is 48.7 Å². The average Bonchev–Trinajstić information content (AvgIpc) is 3.18. The van der Waals surface area contributed by atoms with Crippen molar-refractivity contribution in [3.8, 4) is 11.1 Å². The number of nitrogens with zero attached hydrogens (tertiary/aromatic N) is 2. The molecule has 0 unspecified atom stereocenters. The standard InChI is InChI=1S/C25H25ClN2O/c1-18-14-21(8-12-27-18)20-6-4-19(5-7-20)15-23(29)17-25(10-2-3-11-25)22-9-13-28-24(26)16-22/h4-9,12-14,16H,2-3,10-11,15,17H2,1H3. The first-order chi connectivity index (χ1) is 14.0. The van der Waals surface area contributed by atoms with Crippen LogP contribution < -0.4 is 0 Å². The Bertz CT molecular complexity index is 1010. The maximum Gasteiger partial charge on any atom is 0.138 e. The molecule has 1 saturated carbocycles. The molecule has 1 fully saturated rings. The predicted molar refractivity (Wildman–Crippen MR) is 117 cm³/mol. The van der Waals surface area contributed by atoms with Gasteiger partial charge in [-0.15, -0.1) is 0 Å². The van der Waals surface area contributed by atoms with Gasteiger partial charge in [0, 0.05) is 36.3 Å². The van der Waals surface area contributed by atoms with Crippen molar-refractivity contribution in [3.05, 3.63) is 82.9 Å². The Kier molecular flexibility index (Phi) is 5.77. The summed E-state index contributed by atoms with van der Waals surface area (Å²) in [6.07, 6.45) is 9.02. The summed E-state index contributed by atoms with van der Waals surface area (Å²) in [5.41, 5.74) is 5.43. The topological polar surface area (TPSA) is 42.9 Å². The van der Waals surface area contributed by atoms with Gasteiger partial charge in [0.05, 0.1) is 0 Å². The lowest BCUT2D eigenvalue weighted by atomic mass is 9.74. The zero-order chi connectivity index (χ0) is 20.3. The van der Waals surface area contributed by atoms with Gasteiger partial charge in [-0.25, -0.2) is 4.98 Å². The minimum absolute atomic E-state index is 0.0851. The van der Waals surface area contributed by atoms with Crippen LogP contribution in [0.25, 0.3) is 11.1 Å². The number of ketones is 1. The monoisotopic (exact) mass is 404 g/mol. The molecule has 0 amide bonds. The maximum atomic E-state index is 13.0. The summed E-state index contributed by atoms with van der Waals surface area (Å²) in [6.45, 7) is 1.99. The molecule has 4 heteroatoms. The minimum Gasteiger partial charge on any atom is -0.299 e. The second-order valence-corrected chi connectivity index (χ2v) is 8.52. The molecule has 2 aromatic heterocycles. The van der Waals surface area contributed by atoms with Crippen molar-refractivity contribution in [2.45, 2.75) is 50.9 Å². The predicted octanol–water partition coefficient (Wildman–Crippen LogP) is 6.12. The zero-order valence-electron chi connectivity index (χ0n) is 16.7. The first kappa shape index (κ1) is 19.8. The molecule has 0 N–H and O–H groups in total. The maximum absolute atomic E-state index is 13.0. The van der Waals surface area contributed by atoms with E-state index in [0.717, 1.165) is 53.6 Å². The minimum atomic E-state index is -0.0851. The van der Waals surface area contributed by atoms with Gasteiger partial charge in [0.25, 0.3) is 0 Å². The fourth-order valence-corrected chi connectivity index (χ4v) is 4.73. The number of carbonyl (C=O) groups excluding carboxylic acids is 1. The van der Waals surface area contributed by atoms with Crippen molar-refractivity contribution in [2.75, 3.05) is 0 Å². The molecule has 4 rings (SSSR count). The van der Waals surface area contributed by atoms with E-state index in [-0.39, 0.29) is 11.2 Å². The molecule has 0 aliphatic heterocycles. The smallest absolute Gasteiger partial charge is 0.138 e. The fraction of sp³-hybridized carbons (Fsp3) is 0.320. The molecule has 148 valence electrons. The lowest BCUT2D eigenvalue weighted by molar-refractivity contribution is -0.119. The van der Waals surface area contributed by atoms with E-state index in [1.807, 2.05) is 31.3 Å². The van der Waals surface area contributed by atoms with Crippen molar-refractivity contribution in [1.82, 2.24) is 9.97 Å². The molecule has 29 heavy (non-hydrogen) atoms. The first-order valence-electron chi connectivity index (χ1n) is 10.2. The number of benzene rings is 1. The van der Waals surface area contributed by atoms with E-state index in [0.29, 0.717) is 18.0 Å². The molecule has 3 aromatic rings. The number of carbonyl (C=O) groups is 1. The van der Waals surface area contributed by atoms with Crippen LogP contribution in [-0.2, 0) is 16.6 Å². The van der Waals surface area contributed by atoms with E-state index >= 15 is 0 Å². The van der Waals surface area contributed by atoms with Crippen molar-refractivity contribution in [3.63, 3.8) is 0 Å². The number of aryl methyl sites for hydroxylation is 1. The van der Waals surface area contributed by atoms with E-state index < -0.39 is 0 Å². The molecule has 0 saturated heterocycles. The SMILES string of the molecule is Cc1cc(-c2ccc(CC(=O)CC3(c4ccnc(Cl)c4)CCCC3)cc2)ccn1. The Balaban J connectivity index is 1.47. The number of rotatable bonds is 6. The van der Waals surface area contributed by atoms with Crippen LogP contribution in [0.3, 0.4) is 0 Å². The Morgan fingerprint density at radius 2 is 1.69 bits per heavy atom. The van der Waals surface area contributed by atoms with Gasteiger partial charge in [0.1, 0.15) is 10.9 Å². The molecular formula is C25H25ClN2O. The average molecular weight is 405 g/mol. The highest BCUT2D eigenvalue weighted by Gasteiger charge is 2.37. The zero-order valence-corrected chi connectivity index (χ0v) is 17.5. The third-order valence-electron chi connectivity index (χ3n) is 6.02. The van der Waals surface area contributed by atoms with Crippen LogP contribution in [-0.4, -0.2) is 15.8 Å². The summed E-state index contributed by atoms with van der Waals surface area (Å²) >= 11 is 6.13. The number of Topliss-reactive ketones (excluding diaryl/α,β-unsaturated/α-hetero) is 1. The number of halogens is 1. The van der Waals surface area contributed by atoms with Crippen molar-refractivity contribution < 1.29 is 4.79 Å². The van der Waals surface area contributed by atoms with E-state index in [2.05, 4.69) is 40.3 Å². The van der Waals surface area contributed by atoms with Gasteiger partial charge >= 0.3 is 0 Å².